The molecule has 0 bridgehead atoms. The van der Waals surface area contributed by atoms with E-state index in [1.54, 1.807) is 9.80 Å². The van der Waals surface area contributed by atoms with Crippen LogP contribution in [0.25, 0.3) is 0 Å². The number of rotatable bonds is 10. The van der Waals surface area contributed by atoms with Gasteiger partial charge < -0.3 is 20.3 Å². The average Bonchev–Trinajstić information content (AvgIpc) is 2.70. The normalized spacial score (nSPS) is 24.1. The molecule has 0 aromatic rings. The molecule has 9 nitrogen and oxygen atoms in total. The minimum absolute atomic E-state index is 0.0644. The van der Waals surface area contributed by atoms with Crippen LogP contribution in [0.5, 0.6) is 0 Å². The first-order valence-corrected chi connectivity index (χ1v) is 12.0. The first-order valence-electron chi connectivity index (χ1n) is 12.0. The van der Waals surface area contributed by atoms with E-state index in [1.165, 1.54) is 5.06 Å². The van der Waals surface area contributed by atoms with Crippen LogP contribution in [0, 0.1) is 17.8 Å². The molecule has 9 heteroatoms. The van der Waals surface area contributed by atoms with Gasteiger partial charge in [-0.3, -0.25) is 14.4 Å². The van der Waals surface area contributed by atoms with Gasteiger partial charge in [-0.1, -0.05) is 41.5 Å². The summed E-state index contributed by atoms with van der Waals surface area (Å²) in [6, 6.07) is -0.636. The molecule has 184 valence electrons. The Bertz CT molecular complexity index is 654. The van der Waals surface area contributed by atoms with Crippen LogP contribution in [0.4, 0.5) is 4.79 Å². The summed E-state index contributed by atoms with van der Waals surface area (Å²) in [7, 11) is 0. The smallest absolute Gasteiger partial charge is 0.436 e. The number of carbonyl (C=O) groups excluding carboxylic acids is 3. The summed E-state index contributed by atoms with van der Waals surface area (Å²) in [4.78, 5) is 48.9. The summed E-state index contributed by atoms with van der Waals surface area (Å²) in [6.07, 6.45) is 0.110. The van der Waals surface area contributed by atoms with Crippen molar-refractivity contribution in [2.24, 2.45) is 23.5 Å². The fourth-order valence-corrected chi connectivity index (χ4v) is 4.03. The second kappa shape index (κ2) is 11.8. The summed E-state index contributed by atoms with van der Waals surface area (Å²) in [5.74, 6) is 0.673. The standard InChI is InChI=1S/C23H42N4O5/c1-15(2)8-11-25-14-20-26(18(21(25)28)13-17(5)6)22(29)19(7-10-24)32-27(20)23(30)31-12-9-16(3)4/h15-20H,7-14,24H2,1-6H3/t18-,19+,20?/m0/s1. The topological polar surface area (TPSA) is 105 Å². The average molecular weight is 455 g/mol. The Hall–Kier alpha value is -1.87. The third kappa shape index (κ3) is 6.57. The number of hydrogen-bond donors (Lipinski definition) is 1. The number of hydrogen-bond acceptors (Lipinski definition) is 6. The minimum atomic E-state index is -0.904. The van der Waals surface area contributed by atoms with Crippen LogP contribution in [0.2, 0.25) is 0 Å². The van der Waals surface area contributed by atoms with E-state index in [1.807, 2.05) is 13.8 Å². The lowest BCUT2D eigenvalue weighted by Crippen LogP contribution is -2.73. The third-order valence-electron chi connectivity index (χ3n) is 5.88. The highest BCUT2D eigenvalue weighted by Crippen LogP contribution is 2.31. The lowest BCUT2D eigenvalue weighted by atomic mass is 9.96. The molecule has 3 atom stereocenters. The predicted octanol–water partition coefficient (Wildman–Crippen LogP) is 2.59. The largest absolute Gasteiger partial charge is 0.448 e. The van der Waals surface area contributed by atoms with Crippen molar-refractivity contribution in [3.63, 3.8) is 0 Å². The number of carbonyl (C=O) groups is 3. The first kappa shape index (κ1) is 26.4. The highest BCUT2D eigenvalue weighted by atomic mass is 16.7. The van der Waals surface area contributed by atoms with Crippen molar-refractivity contribution in [2.45, 2.75) is 85.5 Å². The number of hydroxylamine groups is 2. The summed E-state index contributed by atoms with van der Waals surface area (Å²) in [6.45, 7) is 13.7. The molecule has 2 N–H and O–H groups in total. The van der Waals surface area contributed by atoms with Crippen LogP contribution in [0.15, 0.2) is 0 Å². The van der Waals surface area contributed by atoms with E-state index in [0.29, 0.717) is 24.8 Å². The first-order chi connectivity index (χ1) is 15.1. The van der Waals surface area contributed by atoms with Crippen LogP contribution in [-0.4, -0.2) is 77.3 Å². The van der Waals surface area contributed by atoms with E-state index < -0.39 is 24.4 Å². The van der Waals surface area contributed by atoms with Crippen molar-refractivity contribution in [1.82, 2.24) is 14.9 Å². The SMILES string of the molecule is CC(C)CCOC(=O)N1O[C@H](CCN)C(=O)N2C1CN(CCC(C)C)C(=O)[C@@H]2CC(C)C. The number of nitrogens with zero attached hydrogens (tertiary/aromatic N) is 3. The molecule has 2 aliphatic rings. The Kier molecular flexibility index (Phi) is 9.76. The van der Waals surface area contributed by atoms with Crippen LogP contribution in [-0.2, 0) is 19.2 Å². The molecule has 2 heterocycles. The fraction of sp³-hybridized carbons (Fsp3) is 0.870. The van der Waals surface area contributed by atoms with Crippen molar-refractivity contribution in [1.29, 1.82) is 0 Å². The van der Waals surface area contributed by atoms with Gasteiger partial charge in [0.15, 0.2) is 12.3 Å². The van der Waals surface area contributed by atoms with Gasteiger partial charge in [0, 0.05) is 6.54 Å². The van der Waals surface area contributed by atoms with E-state index in [9.17, 15) is 14.4 Å². The second-order valence-electron chi connectivity index (χ2n) is 10.1. The molecule has 2 aliphatic heterocycles. The molecule has 0 aliphatic carbocycles. The van der Waals surface area contributed by atoms with Gasteiger partial charge in [-0.05, 0) is 50.0 Å². The number of fused-ring (bicyclic) bond motifs is 1. The van der Waals surface area contributed by atoms with Crippen LogP contribution < -0.4 is 5.73 Å². The quantitative estimate of drug-likeness (QED) is 0.544. The van der Waals surface area contributed by atoms with E-state index in [0.717, 1.165) is 12.8 Å². The number of amides is 3. The van der Waals surface area contributed by atoms with E-state index in [2.05, 4.69) is 27.7 Å². The zero-order chi connectivity index (χ0) is 24.0. The van der Waals surface area contributed by atoms with Crippen molar-refractivity contribution in [3.8, 4) is 0 Å². The van der Waals surface area contributed by atoms with Gasteiger partial charge in [0.25, 0.3) is 5.91 Å². The maximum atomic E-state index is 13.4. The number of ether oxygens (including phenoxy) is 1. The molecule has 3 amide bonds. The zero-order valence-corrected chi connectivity index (χ0v) is 20.6. The Morgan fingerprint density at radius 2 is 1.72 bits per heavy atom. The maximum absolute atomic E-state index is 13.4. The van der Waals surface area contributed by atoms with E-state index in [4.69, 9.17) is 15.3 Å². The van der Waals surface area contributed by atoms with Gasteiger partial charge in [-0.25, -0.2) is 4.79 Å². The molecular formula is C23H42N4O5. The molecule has 2 saturated heterocycles. The van der Waals surface area contributed by atoms with E-state index in [-0.39, 0.29) is 43.8 Å². The lowest BCUT2D eigenvalue weighted by Gasteiger charge is -2.53. The number of nitrogens with two attached hydrogens (primary N) is 1. The van der Waals surface area contributed by atoms with Crippen LogP contribution >= 0.6 is 0 Å². The highest BCUT2D eigenvalue weighted by molar-refractivity contribution is 5.92. The van der Waals surface area contributed by atoms with Gasteiger partial charge in [-0.15, -0.1) is 0 Å². The van der Waals surface area contributed by atoms with Crippen molar-refractivity contribution >= 4 is 17.9 Å². The molecule has 1 unspecified atom stereocenters. The molecule has 0 saturated carbocycles. The van der Waals surface area contributed by atoms with Gasteiger partial charge in [0.1, 0.15) is 6.04 Å². The number of piperazine rings is 1. The van der Waals surface area contributed by atoms with Crippen molar-refractivity contribution in [3.05, 3.63) is 0 Å². The molecule has 0 aromatic carbocycles. The maximum Gasteiger partial charge on any atom is 0.436 e. The Morgan fingerprint density at radius 3 is 2.28 bits per heavy atom. The molecule has 32 heavy (non-hydrogen) atoms. The zero-order valence-electron chi connectivity index (χ0n) is 20.6. The van der Waals surface area contributed by atoms with Gasteiger partial charge in [0.2, 0.25) is 5.91 Å². The second-order valence-corrected chi connectivity index (χ2v) is 10.1. The Morgan fingerprint density at radius 1 is 1.06 bits per heavy atom. The van der Waals surface area contributed by atoms with Crippen LogP contribution in [0.3, 0.4) is 0 Å². The summed E-state index contributed by atoms with van der Waals surface area (Å²) < 4.78 is 5.47. The lowest BCUT2D eigenvalue weighted by molar-refractivity contribution is -0.267. The Labute approximate surface area is 192 Å². The van der Waals surface area contributed by atoms with E-state index >= 15 is 0 Å². The van der Waals surface area contributed by atoms with Crippen molar-refractivity contribution < 1.29 is 24.0 Å². The van der Waals surface area contributed by atoms with Gasteiger partial charge in [0.05, 0.1) is 13.2 Å². The molecule has 0 aromatic heterocycles. The minimum Gasteiger partial charge on any atom is -0.448 e. The van der Waals surface area contributed by atoms with Gasteiger partial charge >= 0.3 is 6.09 Å². The third-order valence-corrected chi connectivity index (χ3v) is 5.88. The van der Waals surface area contributed by atoms with Crippen LogP contribution in [0.1, 0.15) is 67.2 Å². The summed E-state index contributed by atoms with van der Waals surface area (Å²) in [5, 5.41) is 1.17. The fourth-order valence-electron chi connectivity index (χ4n) is 4.03. The van der Waals surface area contributed by atoms with Gasteiger partial charge in [-0.2, -0.15) is 5.06 Å². The Balaban J connectivity index is 2.34. The molecular weight excluding hydrogens is 412 g/mol. The predicted molar refractivity (Wildman–Crippen MR) is 121 cm³/mol. The summed E-state index contributed by atoms with van der Waals surface area (Å²) in [5.41, 5.74) is 5.70. The monoisotopic (exact) mass is 454 g/mol. The molecule has 2 fully saturated rings. The summed E-state index contributed by atoms with van der Waals surface area (Å²) >= 11 is 0. The molecule has 0 spiro atoms. The van der Waals surface area contributed by atoms with Crippen molar-refractivity contribution in [2.75, 3.05) is 26.2 Å². The molecule has 2 rings (SSSR count). The highest BCUT2D eigenvalue weighted by Gasteiger charge is 2.53. The molecule has 0 radical (unpaired) electrons.